The van der Waals surface area contributed by atoms with Crippen LogP contribution < -0.4 is 5.73 Å². The number of anilines is 1. The standard InChI is InChI=1S/C13H11BrFNOS/c14-10-6-5-9(11(15)7-10)8-18(17)13-4-2-1-3-12(13)16/h1-7H,8,16H2. The molecule has 2 N–H and O–H groups in total. The van der Waals surface area contributed by atoms with Crippen LogP contribution in [0.4, 0.5) is 10.1 Å². The summed E-state index contributed by atoms with van der Waals surface area (Å²) < 4.78 is 26.4. The quantitative estimate of drug-likeness (QED) is 0.877. The van der Waals surface area contributed by atoms with Crippen LogP contribution in [0.5, 0.6) is 0 Å². The molecule has 2 aromatic carbocycles. The van der Waals surface area contributed by atoms with E-state index in [2.05, 4.69) is 15.9 Å². The van der Waals surface area contributed by atoms with Crippen LogP contribution in [0.15, 0.2) is 51.8 Å². The van der Waals surface area contributed by atoms with E-state index < -0.39 is 10.8 Å². The number of rotatable bonds is 3. The maximum atomic E-state index is 13.6. The van der Waals surface area contributed by atoms with Crippen molar-refractivity contribution in [3.63, 3.8) is 0 Å². The van der Waals surface area contributed by atoms with Crippen LogP contribution in [0, 0.1) is 5.82 Å². The molecule has 0 aliphatic carbocycles. The van der Waals surface area contributed by atoms with Gasteiger partial charge in [0.05, 0.1) is 21.4 Å². The third kappa shape index (κ3) is 2.97. The Morgan fingerprint density at radius 2 is 1.94 bits per heavy atom. The van der Waals surface area contributed by atoms with Gasteiger partial charge in [-0.15, -0.1) is 0 Å². The third-order valence-corrected chi connectivity index (χ3v) is 4.39. The van der Waals surface area contributed by atoms with Crippen LogP contribution in [0.2, 0.25) is 0 Å². The fourth-order valence-electron chi connectivity index (χ4n) is 1.55. The fraction of sp³-hybridized carbons (Fsp3) is 0.0769. The van der Waals surface area contributed by atoms with Crippen LogP contribution in [-0.4, -0.2) is 4.21 Å². The van der Waals surface area contributed by atoms with Crippen molar-refractivity contribution < 1.29 is 8.60 Å². The first kappa shape index (κ1) is 13.2. The zero-order chi connectivity index (χ0) is 13.1. The van der Waals surface area contributed by atoms with E-state index in [0.717, 1.165) is 0 Å². The van der Waals surface area contributed by atoms with Crippen molar-refractivity contribution >= 4 is 32.4 Å². The minimum atomic E-state index is -1.34. The fourth-order valence-corrected chi connectivity index (χ4v) is 3.11. The highest BCUT2D eigenvalue weighted by Crippen LogP contribution is 2.21. The van der Waals surface area contributed by atoms with Crippen LogP contribution in [0.1, 0.15) is 5.56 Å². The molecule has 1 unspecified atom stereocenters. The lowest BCUT2D eigenvalue weighted by atomic mass is 10.2. The Morgan fingerprint density at radius 1 is 1.22 bits per heavy atom. The largest absolute Gasteiger partial charge is 0.398 e. The summed E-state index contributed by atoms with van der Waals surface area (Å²) in [4.78, 5) is 0.541. The highest BCUT2D eigenvalue weighted by atomic mass is 79.9. The van der Waals surface area contributed by atoms with Crippen molar-refractivity contribution in [2.75, 3.05) is 5.73 Å². The van der Waals surface area contributed by atoms with Crippen LogP contribution in [-0.2, 0) is 16.6 Å². The van der Waals surface area contributed by atoms with E-state index in [-0.39, 0.29) is 11.6 Å². The molecule has 5 heteroatoms. The highest BCUT2D eigenvalue weighted by molar-refractivity contribution is 9.10. The molecule has 2 nitrogen and oxygen atoms in total. The maximum absolute atomic E-state index is 13.6. The Morgan fingerprint density at radius 3 is 2.61 bits per heavy atom. The Hall–Kier alpha value is -1.20. The molecule has 0 bridgehead atoms. The molecule has 18 heavy (non-hydrogen) atoms. The molecule has 0 aromatic heterocycles. The van der Waals surface area contributed by atoms with Crippen LogP contribution >= 0.6 is 15.9 Å². The molecule has 0 aliphatic rings. The first-order valence-corrected chi connectivity index (χ1v) is 7.36. The summed E-state index contributed by atoms with van der Waals surface area (Å²) in [5.74, 6) is -0.250. The summed E-state index contributed by atoms with van der Waals surface area (Å²) in [7, 11) is -1.34. The number of hydrogen-bond acceptors (Lipinski definition) is 2. The van der Waals surface area contributed by atoms with Gasteiger partial charge in [-0.2, -0.15) is 0 Å². The summed E-state index contributed by atoms with van der Waals surface area (Å²) in [5, 5.41) is 0. The van der Waals surface area contributed by atoms with E-state index in [1.807, 2.05) is 0 Å². The molecule has 0 aliphatic heterocycles. The van der Waals surface area contributed by atoms with Crippen LogP contribution in [0.3, 0.4) is 0 Å². The number of benzene rings is 2. The maximum Gasteiger partial charge on any atom is 0.128 e. The summed E-state index contributed by atoms with van der Waals surface area (Å²) in [6.07, 6.45) is 0. The zero-order valence-electron chi connectivity index (χ0n) is 9.40. The van der Waals surface area contributed by atoms with Gasteiger partial charge in [-0.3, -0.25) is 4.21 Å². The Labute approximate surface area is 116 Å². The Balaban J connectivity index is 2.24. The minimum absolute atomic E-state index is 0.118. The molecule has 2 aromatic rings. The molecule has 0 amide bonds. The topological polar surface area (TPSA) is 43.1 Å². The average molecular weight is 328 g/mol. The predicted octanol–water partition coefficient (Wildman–Crippen LogP) is 3.48. The molecule has 0 spiro atoms. The lowest BCUT2D eigenvalue weighted by Gasteiger charge is -2.06. The lowest BCUT2D eigenvalue weighted by molar-refractivity contribution is 0.614. The molecule has 0 radical (unpaired) electrons. The van der Waals surface area contributed by atoms with Crippen molar-refractivity contribution in [1.82, 2.24) is 0 Å². The Bertz CT molecular complexity index is 603. The molecule has 2 rings (SSSR count). The number of halogens is 2. The van der Waals surface area contributed by atoms with Crippen LogP contribution in [0.25, 0.3) is 0 Å². The van der Waals surface area contributed by atoms with Gasteiger partial charge in [-0.05, 0) is 24.3 Å². The average Bonchev–Trinajstić information content (AvgIpc) is 2.33. The second-order valence-electron chi connectivity index (χ2n) is 3.76. The number of hydrogen-bond donors (Lipinski definition) is 1. The highest BCUT2D eigenvalue weighted by Gasteiger charge is 2.11. The van der Waals surface area contributed by atoms with E-state index in [4.69, 9.17) is 5.73 Å². The monoisotopic (exact) mass is 327 g/mol. The summed E-state index contributed by atoms with van der Waals surface area (Å²) in [5.41, 5.74) is 6.63. The zero-order valence-corrected chi connectivity index (χ0v) is 11.8. The SMILES string of the molecule is Nc1ccccc1S(=O)Cc1ccc(Br)cc1F. The van der Waals surface area contributed by atoms with Gasteiger partial charge in [-0.25, -0.2) is 4.39 Å². The smallest absolute Gasteiger partial charge is 0.128 e. The second kappa shape index (κ2) is 5.63. The van der Waals surface area contributed by atoms with Gasteiger partial charge in [0.1, 0.15) is 5.82 Å². The van der Waals surface area contributed by atoms with Gasteiger partial charge in [0.15, 0.2) is 0 Å². The molecule has 0 saturated carbocycles. The van der Waals surface area contributed by atoms with Crippen molar-refractivity contribution in [3.05, 3.63) is 58.3 Å². The van der Waals surface area contributed by atoms with Crippen molar-refractivity contribution in [3.8, 4) is 0 Å². The predicted molar refractivity (Wildman–Crippen MR) is 75.1 cm³/mol. The number of nitrogens with two attached hydrogens (primary N) is 1. The van der Waals surface area contributed by atoms with Crippen molar-refractivity contribution in [2.24, 2.45) is 0 Å². The Kier molecular flexibility index (Phi) is 4.14. The molecule has 94 valence electrons. The molecular formula is C13H11BrFNOS. The molecule has 0 saturated heterocycles. The second-order valence-corrected chi connectivity index (χ2v) is 6.10. The summed E-state index contributed by atoms with van der Waals surface area (Å²) in [6, 6.07) is 11.6. The van der Waals surface area contributed by atoms with Gasteiger partial charge in [0, 0.05) is 15.7 Å². The van der Waals surface area contributed by atoms with Gasteiger partial charge in [0.25, 0.3) is 0 Å². The summed E-state index contributed by atoms with van der Waals surface area (Å²) in [6.45, 7) is 0. The van der Waals surface area contributed by atoms with Gasteiger partial charge in [-0.1, -0.05) is 34.1 Å². The van der Waals surface area contributed by atoms with E-state index in [0.29, 0.717) is 20.6 Å². The number of nitrogen functional groups attached to an aromatic ring is 1. The van der Waals surface area contributed by atoms with Crippen molar-refractivity contribution in [2.45, 2.75) is 10.6 Å². The van der Waals surface area contributed by atoms with E-state index >= 15 is 0 Å². The van der Waals surface area contributed by atoms with Gasteiger partial charge < -0.3 is 5.73 Å². The van der Waals surface area contributed by atoms with Gasteiger partial charge >= 0.3 is 0 Å². The number of para-hydroxylation sites is 1. The lowest BCUT2D eigenvalue weighted by Crippen LogP contribution is -2.02. The van der Waals surface area contributed by atoms with Gasteiger partial charge in [0.2, 0.25) is 0 Å². The minimum Gasteiger partial charge on any atom is -0.398 e. The van der Waals surface area contributed by atoms with E-state index in [9.17, 15) is 8.60 Å². The molecule has 1 atom stereocenters. The van der Waals surface area contributed by atoms with E-state index in [1.54, 1.807) is 36.4 Å². The van der Waals surface area contributed by atoms with Crippen molar-refractivity contribution in [1.29, 1.82) is 0 Å². The third-order valence-electron chi connectivity index (χ3n) is 2.47. The molecule has 0 fully saturated rings. The normalized spacial score (nSPS) is 12.3. The molecule has 0 heterocycles. The first-order valence-electron chi connectivity index (χ1n) is 5.25. The first-order chi connectivity index (χ1) is 8.58. The molecular weight excluding hydrogens is 317 g/mol. The van der Waals surface area contributed by atoms with E-state index in [1.165, 1.54) is 6.07 Å². The summed E-state index contributed by atoms with van der Waals surface area (Å²) >= 11 is 3.18.